The molecule has 3 rings (SSSR count). The van der Waals surface area contributed by atoms with E-state index in [9.17, 15) is 0 Å². The van der Waals surface area contributed by atoms with Crippen molar-refractivity contribution in [2.45, 2.75) is 25.9 Å². The Morgan fingerprint density at radius 2 is 1.65 bits per heavy atom. The van der Waals surface area contributed by atoms with Gasteiger partial charge in [0.05, 0.1) is 13.4 Å². The number of hydrogen-bond acceptors (Lipinski definition) is 1. The van der Waals surface area contributed by atoms with Gasteiger partial charge in [0.25, 0.3) is 0 Å². The topological polar surface area (TPSA) is 3.01 Å². The molecule has 1 aliphatic rings. The molecule has 0 unspecified atom stereocenters. The zero-order valence-electron chi connectivity index (χ0n) is 11.2. The van der Waals surface area contributed by atoms with Crippen LogP contribution in [-0.4, -0.2) is 6.04 Å². The molecule has 1 heterocycles. The number of aryl methyl sites for hydroxylation is 1. The average molecular weight is 224 g/mol. The molecule has 2 atom stereocenters. The second-order valence-corrected chi connectivity index (χ2v) is 4.58. The quantitative estimate of drug-likeness (QED) is 0.698. The van der Waals surface area contributed by atoms with E-state index in [1.54, 1.807) is 0 Å². The fourth-order valence-corrected chi connectivity index (χ4v) is 2.46. The minimum absolute atomic E-state index is 0.223. The van der Waals surface area contributed by atoms with E-state index in [1.807, 2.05) is 42.5 Å². The Bertz CT molecular complexity index is 566. The molecule has 0 radical (unpaired) electrons. The minimum atomic E-state index is -0.604. The van der Waals surface area contributed by atoms with Gasteiger partial charge in [-0.15, -0.1) is 0 Å². The van der Waals surface area contributed by atoms with Crippen LogP contribution >= 0.6 is 0 Å². The summed E-state index contributed by atoms with van der Waals surface area (Å²) in [4.78, 5) is 2.18. The second-order valence-electron chi connectivity index (χ2n) is 4.58. The van der Waals surface area contributed by atoms with Gasteiger partial charge in [-0.2, -0.15) is 0 Å². The van der Waals surface area contributed by atoms with Gasteiger partial charge >= 0.3 is 0 Å². The lowest BCUT2D eigenvalue weighted by molar-refractivity contribution is 1.04. The highest BCUT2D eigenvalue weighted by Gasteiger charge is 2.45. The smallest absolute Gasteiger partial charge is 0.0747 e. The summed E-state index contributed by atoms with van der Waals surface area (Å²) < 4.78 is 8.71. The molecule has 0 bridgehead atoms. The van der Waals surface area contributed by atoms with E-state index in [-0.39, 0.29) is 6.04 Å². The molecular weight excluding hydrogens is 206 g/mol. The van der Waals surface area contributed by atoms with E-state index in [0.29, 0.717) is 0 Å². The maximum absolute atomic E-state index is 8.71. The van der Waals surface area contributed by atoms with Gasteiger partial charge in [0.1, 0.15) is 0 Å². The van der Waals surface area contributed by atoms with Crippen LogP contribution in [0.15, 0.2) is 54.6 Å². The van der Waals surface area contributed by atoms with Gasteiger partial charge in [-0.25, -0.2) is 0 Å². The zero-order valence-corrected chi connectivity index (χ0v) is 10.2. The molecule has 1 saturated heterocycles. The molecule has 1 aliphatic heterocycles. The third-order valence-corrected chi connectivity index (χ3v) is 3.42. The molecule has 0 N–H and O–H groups in total. The van der Waals surface area contributed by atoms with Crippen LogP contribution in [0.2, 0.25) is 0 Å². The molecule has 1 nitrogen and oxygen atoms in total. The Hall–Kier alpha value is -1.76. The molecule has 0 saturated carbocycles. The first-order valence-corrected chi connectivity index (χ1v) is 6.06. The third kappa shape index (κ3) is 1.72. The van der Waals surface area contributed by atoms with Crippen molar-refractivity contribution in [2.24, 2.45) is 0 Å². The number of hydrogen-bond donors (Lipinski definition) is 0. The van der Waals surface area contributed by atoms with Gasteiger partial charge in [0, 0.05) is 5.69 Å². The Morgan fingerprint density at radius 3 is 2.35 bits per heavy atom. The lowest BCUT2D eigenvalue weighted by Crippen LogP contribution is -1.98. The van der Waals surface area contributed by atoms with Crippen molar-refractivity contribution >= 4 is 5.69 Å². The number of rotatable bonds is 2. The molecule has 0 spiro atoms. The Morgan fingerprint density at radius 1 is 1.00 bits per heavy atom. The third-order valence-electron chi connectivity index (χ3n) is 3.42. The van der Waals surface area contributed by atoms with Gasteiger partial charge in [-0.3, -0.25) is 0 Å². The molecule has 0 aromatic heterocycles. The molecule has 2 aromatic carbocycles. The minimum Gasteiger partial charge on any atom is -0.357 e. The van der Waals surface area contributed by atoms with Crippen LogP contribution in [0.3, 0.4) is 0 Å². The first kappa shape index (κ1) is 9.29. The fraction of sp³-hybridized carbons (Fsp3) is 0.250. The van der Waals surface area contributed by atoms with Gasteiger partial charge < -0.3 is 4.90 Å². The van der Waals surface area contributed by atoms with Crippen LogP contribution < -0.4 is 4.90 Å². The van der Waals surface area contributed by atoms with E-state index in [0.717, 1.165) is 5.56 Å². The standard InChI is InChI=1S/C16H17N/c1-12-8-6-7-11-15(12)17-13(2)16(17)14-9-4-3-5-10-14/h3-11,13,16H,1-2H3/t13-,16-,17?/m1/s1/i16D. The van der Waals surface area contributed by atoms with Crippen molar-refractivity contribution in [3.63, 3.8) is 0 Å². The van der Waals surface area contributed by atoms with Crippen molar-refractivity contribution in [1.29, 1.82) is 0 Å². The van der Waals surface area contributed by atoms with Crippen molar-refractivity contribution in [3.8, 4) is 0 Å². The fourth-order valence-electron chi connectivity index (χ4n) is 2.46. The van der Waals surface area contributed by atoms with E-state index >= 15 is 0 Å². The summed E-state index contributed by atoms with van der Waals surface area (Å²) >= 11 is 0. The predicted octanol–water partition coefficient (Wildman–Crippen LogP) is 3.94. The summed E-state index contributed by atoms with van der Waals surface area (Å²) in [5, 5.41) is 0. The first-order chi connectivity index (χ1) is 8.65. The maximum Gasteiger partial charge on any atom is 0.0747 e. The lowest BCUT2D eigenvalue weighted by Gasteiger charge is -2.09. The number of benzene rings is 2. The molecule has 17 heavy (non-hydrogen) atoms. The summed E-state index contributed by atoms with van der Waals surface area (Å²) in [6.07, 6.45) is 0. The van der Waals surface area contributed by atoms with Gasteiger partial charge in [0.2, 0.25) is 0 Å². The highest BCUT2D eigenvalue weighted by Crippen LogP contribution is 2.47. The molecule has 0 amide bonds. The van der Waals surface area contributed by atoms with Crippen LogP contribution in [0.25, 0.3) is 0 Å². The summed E-state index contributed by atoms with van der Waals surface area (Å²) in [5.41, 5.74) is 3.47. The Labute approximate surface area is 104 Å². The molecule has 1 fully saturated rings. The van der Waals surface area contributed by atoms with Gasteiger partial charge in [-0.1, -0.05) is 48.5 Å². The lowest BCUT2D eigenvalue weighted by atomic mass is 10.1. The highest BCUT2D eigenvalue weighted by molar-refractivity contribution is 5.62. The molecule has 0 aliphatic carbocycles. The van der Waals surface area contributed by atoms with Crippen molar-refractivity contribution < 1.29 is 1.37 Å². The summed E-state index contributed by atoms with van der Waals surface area (Å²) in [6, 6.07) is 18.0. The molecular formula is C16H17N. The van der Waals surface area contributed by atoms with Crippen LogP contribution in [0.4, 0.5) is 5.69 Å². The first-order valence-electron chi connectivity index (χ1n) is 6.56. The van der Waals surface area contributed by atoms with Crippen molar-refractivity contribution in [3.05, 3.63) is 65.7 Å². The second kappa shape index (κ2) is 3.92. The summed E-state index contributed by atoms with van der Waals surface area (Å²) in [6.45, 7) is 4.22. The number of anilines is 1. The number of para-hydroxylation sites is 1. The Balaban J connectivity index is 2.01. The summed E-state index contributed by atoms with van der Waals surface area (Å²) in [5.74, 6) is 0. The monoisotopic (exact) mass is 224 g/mol. The summed E-state index contributed by atoms with van der Waals surface area (Å²) in [7, 11) is 0. The molecule has 86 valence electrons. The van der Waals surface area contributed by atoms with Crippen LogP contribution in [0.5, 0.6) is 0 Å². The van der Waals surface area contributed by atoms with Gasteiger partial charge in [0.15, 0.2) is 0 Å². The van der Waals surface area contributed by atoms with Crippen molar-refractivity contribution in [2.75, 3.05) is 4.90 Å². The average Bonchev–Trinajstić information content (AvgIpc) is 2.95. The van der Waals surface area contributed by atoms with Crippen LogP contribution in [-0.2, 0) is 0 Å². The SMILES string of the molecule is [2H][C@]1(c2ccccc2)[C@@H](C)N1c1ccccc1C. The number of nitrogens with zero attached hydrogens (tertiary/aromatic N) is 1. The van der Waals surface area contributed by atoms with E-state index < -0.39 is 6.02 Å². The van der Waals surface area contributed by atoms with Crippen LogP contribution in [0.1, 0.15) is 25.4 Å². The maximum atomic E-state index is 8.71. The van der Waals surface area contributed by atoms with E-state index in [2.05, 4.69) is 30.9 Å². The Kier molecular flexibility index (Phi) is 2.14. The van der Waals surface area contributed by atoms with E-state index in [1.165, 1.54) is 11.3 Å². The highest BCUT2D eigenvalue weighted by atomic mass is 15.3. The zero-order chi connectivity index (χ0) is 12.8. The predicted molar refractivity (Wildman–Crippen MR) is 72.3 cm³/mol. The molecule has 1 heteroatoms. The van der Waals surface area contributed by atoms with E-state index in [4.69, 9.17) is 1.37 Å². The van der Waals surface area contributed by atoms with Gasteiger partial charge in [-0.05, 0) is 31.0 Å². The molecule has 2 aromatic rings. The normalized spacial score (nSPS) is 27.8. The van der Waals surface area contributed by atoms with Crippen molar-refractivity contribution in [1.82, 2.24) is 0 Å². The largest absolute Gasteiger partial charge is 0.357 e. The van der Waals surface area contributed by atoms with Crippen LogP contribution in [0, 0.1) is 6.92 Å².